The monoisotopic (exact) mass is 549 g/mol. The van der Waals surface area contributed by atoms with Crippen LogP contribution in [0.2, 0.25) is 0 Å². The first-order chi connectivity index (χ1) is 19.4. The fraction of sp³-hybridized carbons (Fsp3) is 0.485. The van der Waals surface area contributed by atoms with Crippen LogP contribution in [0, 0.1) is 11.8 Å². The molecule has 4 atom stereocenters. The van der Waals surface area contributed by atoms with Crippen LogP contribution >= 0.6 is 0 Å². The first kappa shape index (κ1) is 31.2. The third-order valence-corrected chi connectivity index (χ3v) is 7.42. The largest absolute Gasteiger partial charge is 0.427 e. The molecule has 0 aliphatic heterocycles. The molecule has 7 nitrogen and oxygen atoms in total. The van der Waals surface area contributed by atoms with E-state index in [1.165, 1.54) is 0 Å². The molecule has 1 saturated carbocycles. The standard InChI is InChI=1S/C33H43NO6/c1-2-3-7-14-26(35)19-22-29-28(30(36)23-31(29)37)15-10-4-5-11-16-32(38)40-27-20-17-25(18-21-27)34-33(39)24-12-8-6-9-13-24/h6,8-9,12-13,17-22,26,28-29,31,35,37H,2-5,7,10-11,14-16,23H2,1H3,(H,34,39)/b22-19+/t26?,28-,29-,31-/m1/s1. The van der Waals surface area contributed by atoms with Gasteiger partial charge in [0.2, 0.25) is 0 Å². The Morgan fingerprint density at radius 1 is 1.00 bits per heavy atom. The van der Waals surface area contributed by atoms with Crippen molar-refractivity contribution in [2.24, 2.45) is 11.8 Å². The van der Waals surface area contributed by atoms with E-state index in [-0.39, 0.29) is 35.9 Å². The van der Waals surface area contributed by atoms with Crippen molar-refractivity contribution < 1.29 is 29.3 Å². The van der Waals surface area contributed by atoms with Gasteiger partial charge in [0.25, 0.3) is 5.91 Å². The van der Waals surface area contributed by atoms with Gasteiger partial charge in [0.15, 0.2) is 0 Å². The summed E-state index contributed by atoms with van der Waals surface area (Å²) in [7, 11) is 0. The molecular weight excluding hydrogens is 506 g/mol. The lowest BCUT2D eigenvalue weighted by atomic mass is 9.88. The zero-order chi connectivity index (χ0) is 28.7. The van der Waals surface area contributed by atoms with E-state index in [0.29, 0.717) is 42.7 Å². The minimum atomic E-state index is -0.680. The van der Waals surface area contributed by atoms with E-state index in [4.69, 9.17) is 4.74 Å². The van der Waals surface area contributed by atoms with Crippen LogP contribution < -0.4 is 10.1 Å². The van der Waals surface area contributed by atoms with Gasteiger partial charge in [-0.05, 0) is 55.7 Å². The zero-order valence-electron chi connectivity index (χ0n) is 23.5. The molecule has 3 N–H and O–H groups in total. The highest BCUT2D eigenvalue weighted by atomic mass is 16.5. The van der Waals surface area contributed by atoms with Crippen molar-refractivity contribution >= 4 is 23.3 Å². The highest BCUT2D eigenvalue weighted by Gasteiger charge is 2.39. The van der Waals surface area contributed by atoms with Crippen LogP contribution in [0.1, 0.15) is 87.9 Å². The van der Waals surface area contributed by atoms with Gasteiger partial charge in [-0.1, -0.05) is 75.8 Å². The maximum absolute atomic E-state index is 12.4. The van der Waals surface area contributed by atoms with Crippen molar-refractivity contribution in [3.63, 3.8) is 0 Å². The average molecular weight is 550 g/mol. The second-order valence-electron chi connectivity index (χ2n) is 10.6. The number of anilines is 1. The van der Waals surface area contributed by atoms with E-state index in [9.17, 15) is 24.6 Å². The minimum Gasteiger partial charge on any atom is -0.427 e. The number of aliphatic hydroxyl groups excluding tert-OH is 2. The number of aliphatic hydroxyl groups is 2. The minimum absolute atomic E-state index is 0.0943. The van der Waals surface area contributed by atoms with Gasteiger partial charge in [-0.25, -0.2) is 0 Å². The van der Waals surface area contributed by atoms with Gasteiger partial charge >= 0.3 is 5.97 Å². The first-order valence-corrected chi connectivity index (χ1v) is 14.6. The van der Waals surface area contributed by atoms with Gasteiger partial charge in [0.1, 0.15) is 11.5 Å². The number of unbranched alkanes of at least 4 members (excludes halogenated alkanes) is 5. The quantitative estimate of drug-likeness (QED) is 0.0988. The van der Waals surface area contributed by atoms with Crippen LogP contribution in [0.5, 0.6) is 5.75 Å². The maximum atomic E-state index is 12.4. The molecule has 0 saturated heterocycles. The van der Waals surface area contributed by atoms with E-state index in [2.05, 4.69) is 12.2 Å². The number of hydrogen-bond donors (Lipinski definition) is 3. The Kier molecular flexibility index (Phi) is 13.1. The van der Waals surface area contributed by atoms with Crippen LogP contribution in [0.3, 0.4) is 0 Å². The number of esters is 1. The van der Waals surface area contributed by atoms with Crippen LogP contribution in [-0.4, -0.2) is 40.1 Å². The lowest BCUT2D eigenvalue weighted by molar-refractivity contribution is -0.134. The molecule has 1 aliphatic rings. The lowest BCUT2D eigenvalue weighted by Crippen LogP contribution is -2.19. The first-order valence-electron chi connectivity index (χ1n) is 14.6. The summed E-state index contributed by atoms with van der Waals surface area (Å²) in [6.07, 6.45) is 10.7. The lowest BCUT2D eigenvalue weighted by Gasteiger charge is -2.18. The second kappa shape index (κ2) is 16.7. The Bertz CT molecular complexity index is 1100. The topological polar surface area (TPSA) is 113 Å². The number of rotatable bonds is 16. The number of carbonyl (C=O) groups is 3. The highest BCUT2D eigenvalue weighted by Crippen LogP contribution is 2.34. The Labute approximate surface area is 237 Å². The Morgan fingerprint density at radius 2 is 1.73 bits per heavy atom. The fourth-order valence-corrected chi connectivity index (χ4v) is 5.12. The van der Waals surface area contributed by atoms with Crippen molar-refractivity contribution in [1.82, 2.24) is 0 Å². The molecule has 0 bridgehead atoms. The number of amides is 1. The van der Waals surface area contributed by atoms with Crippen molar-refractivity contribution in [2.75, 3.05) is 5.32 Å². The summed E-state index contributed by atoms with van der Waals surface area (Å²) in [5.74, 6) is -0.437. The molecule has 3 rings (SSSR count). The van der Waals surface area contributed by atoms with Crippen molar-refractivity contribution in [3.8, 4) is 5.75 Å². The summed E-state index contributed by atoms with van der Waals surface area (Å²) in [5.41, 5.74) is 1.18. The highest BCUT2D eigenvalue weighted by molar-refractivity contribution is 6.04. The molecule has 2 aromatic rings. The third-order valence-electron chi connectivity index (χ3n) is 7.42. The molecule has 1 fully saturated rings. The van der Waals surface area contributed by atoms with E-state index in [0.717, 1.165) is 38.5 Å². The summed E-state index contributed by atoms with van der Waals surface area (Å²) in [5, 5.41) is 23.3. The predicted molar refractivity (Wildman–Crippen MR) is 156 cm³/mol. The number of ketones is 1. The molecule has 1 unspecified atom stereocenters. The number of nitrogens with one attached hydrogen (secondary N) is 1. The Morgan fingerprint density at radius 3 is 2.45 bits per heavy atom. The molecule has 0 aromatic heterocycles. The van der Waals surface area contributed by atoms with Gasteiger partial charge < -0.3 is 20.3 Å². The zero-order valence-corrected chi connectivity index (χ0v) is 23.5. The summed E-state index contributed by atoms with van der Waals surface area (Å²) in [6, 6.07) is 15.6. The average Bonchev–Trinajstić information content (AvgIpc) is 3.22. The molecule has 0 radical (unpaired) electrons. The summed E-state index contributed by atoms with van der Waals surface area (Å²) in [4.78, 5) is 36.9. The molecule has 1 amide bonds. The molecule has 216 valence electrons. The fourth-order valence-electron chi connectivity index (χ4n) is 5.12. The molecule has 2 aromatic carbocycles. The number of carbonyl (C=O) groups excluding carboxylic acids is 3. The van der Waals surface area contributed by atoms with Crippen LogP contribution in [0.4, 0.5) is 5.69 Å². The van der Waals surface area contributed by atoms with Crippen molar-refractivity contribution in [2.45, 2.75) is 89.8 Å². The van der Waals surface area contributed by atoms with Crippen molar-refractivity contribution in [3.05, 3.63) is 72.3 Å². The summed E-state index contributed by atoms with van der Waals surface area (Å²) >= 11 is 0. The molecule has 0 spiro atoms. The van der Waals surface area contributed by atoms with E-state index in [1.807, 2.05) is 12.1 Å². The molecule has 7 heteroatoms. The maximum Gasteiger partial charge on any atom is 0.311 e. The molecule has 40 heavy (non-hydrogen) atoms. The molecular formula is C33H43NO6. The van der Waals surface area contributed by atoms with Gasteiger partial charge in [-0.3, -0.25) is 14.4 Å². The van der Waals surface area contributed by atoms with Gasteiger partial charge in [-0.15, -0.1) is 0 Å². The van der Waals surface area contributed by atoms with E-state index < -0.39 is 12.2 Å². The number of benzene rings is 2. The normalized spacial score (nSPS) is 19.6. The molecule has 1 aliphatic carbocycles. The van der Waals surface area contributed by atoms with Gasteiger partial charge in [-0.2, -0.15) is 0 Å². The van der Waals surface area contributed by atoms with Crippen LogP contribution in [0.25, 0.3) is 0 Å². The summed E-state index contributed by atoms with van der Waals surface area (Å²) in [6.45, 7) is 2.12. The smallest absolute Gasteiger partial charge is 0.311 e. The molecule has 0 heterocycles. The van der Waals surface area contributed by atoms with Crippen LogP contribution in [-0.2, 0) is 9.59 Å². The SMILES string of the molecule is CCCCCC(O)/C=C/[C@H]1[C@H](O)CC(=O)[C@@H]1CCCCCCC(=O)Oc1ccc(NC(=O)c2ccccc2)cc1. The predicted octanol–water partition coefficient (Wildman–Crippen LogP) is 6.25. The Balaban J connectivity index is 1.32. The number of Topliss-reactive ketones (excluding diaryl/α,β-unsaturated/α-hetero) is 1. The summed E-state index contributed by atoms with van der Waals surface area (Å²) < 4.78 is 5.41. The second-order valence-corrected chi connectivity index (χ2v) is 10.6. The van der Waals surface area contributed by atoms with Gasteiger partial charge in [0.05, 0.1) is 12.2 Å². The van der Waals surface area contributed by atoms with Gasteiger partial charge in [0, 0.05) is 35.9 Å². The Hall–Kier alpha value is -3.29. The number of ether oxygens (including phenoxy) is 1. The number of hydrogen-bond acceptors (Lipinski definition) is 6. The van der Waals surface area contributed by atoms with E-state index >= 15 is 0 Å². The van der Waals surface area contributed by atoms with Crippen molar-refractivity contribution in [1.29, 1.82) is 0 Å². The van der Waals surface area contributed by atoms with Crippen LogP contribution in [0.15, 0.2) is 66.7 Å². The van der Waals surface area contributed by atoms with E-state index in [1.54, 1.807) is 54.6 Å². The third kappa shape index (κ3) is 10.4.